The number of hydrogen-bond acceptors (Lipinski definition) is 5. The normalized spacial score (nSPS) is 17.2. The number of amides is 2. The van der Waals surface area contributed by atoms with E-state index in [0.29, 0.717) is 30.4 Å². The number of carbonyl (C=O) groups is 2. The Morgan fingerprint density at radius 3 is 2.77 bits per heavy atom. The van der Waals surface area contributed by atoms with Gasteiger partial charge in [-0.25, -0.2) is 0 Å². The Kier molecular flexibility index (Phi) is 5.36. The van der Waals surface area contributed by atoms with Gasteiger partial charge in [0.25, 0.3) is 0 Å². The molecule has 1 N–H and O–H groups in total. The molecule has 0 saturated carbocycles. The molecule has 1 atom stereocenters. The van der Waals surface area contributed by atoms with Crippen LogP contribution in [0.25, 0.3) is 0 Å². The molecule has 1 aromatic heterocycles. The topological polar surface area (TPSA) is 75.2 Å². The van der Waals surface area contributed by atoms with Gasteiger partial charge in [-0.05, 0) is 43.0 Å². The van der Waals surface area contributed by atoms with Crippen LogP contribution in [0.2, 0.25) is 0 Å². The SMILES string of the molecule is Cc1ccc(N2CC(c3nnc(NC(=O)CC(C)C)s3)CC2=O)cc1C. The Bertz CT molecular complexity index is 831. The van der Waals surface area contributed by atoms with Gasteiger partial charge in [0.15, 0.2) is 0 Å². The Labute approximate surface area is 157 Å². The molecule has 26 heavy (non-hydrogen) atoms. The lowest BCUT2D eigenvalue weighted by Crippen LogP contribution is -2.24. The molecule has 1 aliphatic heterocycles. The van der Waals surface area contributed by atoms with Gasteiger partial charge in [0, 0.05) is 31.0 Å². The summed E-state index contributed by atoms with van der Waals surface area (Å²) in [6.45, 7) is 8.70. The number of carbonyl (C=O) groups excluding carboxylic acids is 2. The first kappa shape index (κ1) is 18.5. The summed E-state index contributed by atoms with van der Waals surface area (Å²) in [6.07, 6.45) is 0.874. The minimum atomic E-state index is -0.0537. The summed E-state index contributed by atoms with van der Waals surface area (Å²) >= 11 is 1.36. The number of benzene rings is 1. The summed E-state index contributed by atoms with van der Waals surface area (Å²) in [5.74, 6) is 0.347. The second kappa shape index (κ2) is 7.53. The quantitative estimate of drug-likeness (QED) is 0.869. The average molecular weight is 372 g/mol. The third-order valence-electron chi connectivity index (χ3n) is 4.56. The summed E-state index contributed by atoms with van der Waals surface area (Å²) in [5, 5.41) is 12.4. The van der Waals surface area contributed by atoms with Gasteiger partial charge in [0.1, 0.15) is 5.01 Å². The highest BCUT2D eigenvalue weighted by Crippen LogP contribution is 2.34. The van der Waals surface area contributed by atoms with E-state index in [4.69, 9.17) is 0 Å². The van der Waals surface area contributed by atoms with E-state index in [0.717, 1.165) is 10.7 Å². The van der Waals surface area contributed by atoms with Gasteiger partial charge in [0.05, 0.1) is 0 Å². The molecule has 1 unspecified atom stereocenters. The van der Waals surface area contributed by atoms with Crippen molar-refractivity contribution in [2.75, 3.05) is 16.8 Å². The van der Waals surface area contributed by atoms with Gasteiger partial charge >= 0.3 is 0 Å². The van der Waals surface area contributed by atoms with E-state index in [1.165, 1.54) is 22.5 Å². The fourth-order valence-electron chi connectivity index (χ4n) is 3.01. The highest BCUT2D eigenvalue weighted by molar-refractivity contribution is 7.15. The molecule has 0 aliphatic carbocycles. The lowest BCUT2D eigenvalue weighted by atomic mass is 10.1. The standard InChI is InChI=1S/C19H24N4O2S/c1-11(2)7-16(24)20-19-22-21-18(26-19)14-9-17(25)23(10-14)15-6-5-12(3)13(4)8-15/h5-6,8,11,14H,7,9-10H2,1-4H3,(H,20,22,24). The predicted molar refractivity (Wildman–Crippen MR) is 104 cm³/mol. The molecule has 1 fully saturated rings. The van der Waals surface area contributed by atoms with Crippen LogP contribution in [0.3, 0.4) is 0 Å². The van der Waals surface area contributed by atoms with Crippen molar-refractivity contribution in [1.82, 2.24) is 10.2 Å². The average Bonchev–Trinajstić information content (AvgIpc) is 3.16. The van der Waals surface area contributed by atoms with Crippen LogP contribution in [-0.2, 0) is 9.59 Å². The molecule has 3 rings (SSSR count). The number of aryl methyl sites for hydroxylation is 2. The van der Waals surface area contributed by atoms with Crippen LogP contribution in [0.4, 0.5) is 10.8 Å². The second-order valence-electron chi connectivity index (χ2n) is 7.27. The van der Waals surface area contributed by atoms with Gasteiger partial charge in [0.2, 0.25) is 16.9 Å². The Balaban J connectivity index is 1.69. The Morgan fingerprint density at radius 2 is 2.08 bits per heavy atom. The number of nitrogens with one attached hydrogen (secondary N) is 1. The summed E-state index contributed by atoms with van der Waals surface area (Å²) in [7, 11) is 0. The molecule has 0 bridgehead atoms. The summed E-state index contributed by atoms with van der Waals surface area (Å²) < 4.78 is 0. The molecular formula is C19H24N4O2S. The fraction of sp³-hybridized carbons (Fsp3) is 0.474. The predicted octanol–water partition coefficient (Wildman–Crippen LogP) is 3.66. The molecule has 0 radical (unpaired) electrons. The van der Waals surface area contributed by atoms with Crippen LogP contribution in [0.15, 0.2) is 18.2 Å². The van der Waals surface area contributed by atoms with Crippen molar-refractivity contribution in [3.05, 3.63) is 34.3 Å². The van der Waals surface area contributed by atoms with Crippen molar-refractivity contribution in [1.29, 1.82) is 0 Å². The van der Waals surface area contributed by atoms with E-state index in [9.17, 15) is 9.59 Å². The van der Waals surface area contributed by atoms with Crippen LogP contribution >= 0.6 is 11.3 Å². The first-order valence-electron chi connectivity index (χ1n) is 8.84. The highest BCUT2D eigenvalue weighted by atomic mass is 32.1. The molecule has 6 nitrogen and oxygen atoms in total. The highest BCUT2D eigenvalue weighted by Gasteiger charge is 2.34. The van der Waals surface area contributed by atoms with Gasteiger partial charge in [-0.2, -0.15) is 0 Å². The molecule has 0 spiro atoms. The molecule has 138 valence electrons. The zero-order valence-electron chi connectivity index (χ0n) is 15.6. The third-order valence-corrected chi connectivity index (χ3v) is 5.56. The Morgan fingerprint density at radius 1 is 1.31 bits per heavy atom. The summed E-state index contributed by atoms with van der Waals surface area (Å²) in [5.41, 5.74) is 3.31. The van der Waals surface area contributed by atoms with Crippen LogP contribution < -0.4 is 10.2 Å². The lowest BCUT2D eigenvalue weighted by Gasteiger charge is -2.17. The molecule has 1 saturated heterocycles. The smallest absolute Gasteiger partial charge is 0.227 e. The monoisotopic (exact) mass is 372 g/mol. The molecule has 2 amide bonds. The Hall–Kier alpha value is -2.28. The molecule has 1 aliphatic rings. The van der Waals surface area contributed by atoms with Crippen LogP contribution in [0.1, 0.15) is 48.7 Å². The molecule has 2 aromatic rings. The second-order valence-corrected chi connectivity index (χ2v) is 8.27. The van der Waals surface area contributed by atoms with Crippen LogP contribution in [-0.4, -0.2) is 28.6 Å². The van der Waals surface area contributed by atoms with Crippen molar-refractivity contribution in [3.63, 3.8) is 0 Å². The minimum absolute atomic E-state index is 0.0114. The zero-order valence-corrected chi connectivity index (χ0v) is 16.4. The zero-order chi connectivity index (χ0) is 18.8. The van der Waals surface area contributed by atoms with E-state index in [-0.39, 0.29) is 17.7 Å². The first-order chi connectivity index (χ1) is 12.3. The molecule has 2 heterocycles. The van der Waals surface area contributed by atoms with Gasteiger partial charge in [-0.1, -0.05) is 31.3 Å². The van der Waals surface area contributed by atoms with Crippen molar-refractivity contribution >= 4 is 34.0 Å². The number of anilines is 2. The van der Waals surface area contributed by atoms with E-state index in [1.807, 2.05) is 43.9 Å². The van der Waals surface area contributed by atoms with Crippen molar-refractivity contribution < 1.29 is 9.59 Å². The van der Waals surface area contributed by atoms with Gasteiger partial charge in [-0.3, -0.25) is 9.59 Å². The first-order valence-corrected chi connectivity index (χ1v) is 9.66. The largest absolute Gasteiger partial charge is 0.312 e. The number of rotatable bonds is 5. The summed E-state index contributed by atoms with van der Waals surface area (Å²) in [6, 6.07) is 6.08. The van der Waals surface area contributed by atoms with E-state index in [2.05, 4.69) is 22.4 Å². The van der Waals surface area contributed by atoms with E-state index in [1.54, 1.807) is 0 Å². The maximum absolute atomic E-state index is 12.5. The number of nitrogens with zero attached hydrogens (tertiary/aromatic N) is 3. The number of aromatic nitrogens is 2. The van der Waals surface area contributed by atoms with Crippen LogP contribution in [0.5, 0.6) is 0 Å². The molecular weight excluding hydrogens is 348 g/mol. The molecule has 1 aromatic carbocycles. The van der Waals surface area contributed by atoms with Gasteiger partial charge < -0.3 is 10.2 Å². The maximum Gasteiger partial charge on any atom is 0.227 e. The van der Waals surface area contributed by atoms with E-state index >= 15 is 0 Å². The van der Waals surface area contributed by atoms with Crippen molar-refractivity contribution in [2.24, 2.45) is 5.92 Å². The molecule has 7 heteroatoms. The summed E-state index contributed by atoms with van der Waals surface area (Å²) in [4.78, 5) is 26.2. The minimum Gasteiger partial charge on any atom is -0.312 e. The number of hydrogen-bond donors (Lipinski definition) is 1. The third kappa shape index (κ3) is 4.09. The van der Waals surface area contributed by atoms with Gasteiger partial charge in [-0.15, -0.1) is 10.2 Å². The van der Waals surface area contributed by atoms with Crippen molar-refractivity contribution in [2.45, 2.75) is 46.5 Å². The van der Waals surface area contributed by atoms with Crippen LogP contribution in [0, 0.1) is 19.8 Å². The fourth-order valence-corrected chi connectivity index (χ4v) is 3.86. The van der Waals surface area contributed by atoms with E-state index < -0.39 is 0 Å². The maximum atomic E-state index is 12.5. The lowest BCUT2D eigenvalue weighted by molar-refractivity contribution is -0.117. The van der Waals surface area contributed by atoms with Crippen molar-refractivity contribution in [3.8, 4) is 0 Å².